The van der Waals surface area contributed by atoms with Crippen molar-refractivity contribution in [3.05, 3.63) is 77.2 Å². The molecule has 1 heterocycles. The molecule has 4 rings (SSSR count). The van der Waals surface area contributed by atoms with Gasteiger partial charge < -0.3 is 14.1 Å². The standard InChI is InChI=1S/C23H21NO4/c1-15-21-19(25)9-6-10-20(21)28-22(15)23(26)24(2)16-11-13-18(14-12-16)27-17-7-4-3-5-8-17/h3-5,7-8,11-14H,6,9-10H2,1-2H3. The Kier molecular flexibility index (Phi) is 4.74. The van der Waals surface area contributed by atoms with Crippen molar-refractivity contribution >= 4 is 17.4 Å². The minimum atomic E-state index is -0.267. The molecule has 0 atom stereocenters. The van der Waals surface area contributed by atoms with Gasteiger partial charge in [-0.25, -0.2) is 0 Å². The van der Waals surface area contributed by atoms with Gasteiger partial charge in [0, 0.05) is 31.1 Å². The first-order valence-corrected chi connectivity index (χ1v) is 9.31. The van der Waals surface area contributed by atoms with Crippen molar-refractivity contribution in [3.63, 3.8) is 0 Å². The fourth-order valence-electron chi connectivity index (χ4n) is 3.48. The predicted molar refractivity (Wildman–Crippen MR) is 106 cm³/mol. The number of carbonyl (C=O) groups excluding carboxylic acids is 2. The molecule has 0 radical (unpaired) electrons. The second kappa shape index (κ2) is 7.35. The van der Waals surface area contributed by atoms with E-state index in [1.165, 1.54) is 4.90 Å². The lowest BCUT2D eigenvalue weighted by atomic mass is 9.94. The van der Waals surface area contributed by atoms with Gasteiger partial charge in [0.2, 0.25) is 0 Å². The van der Waals surface area contributed by atoms with E-state index in [1.807, 2.05) is 54.6 Å². The fourth-order valence-corrected chi connectivity index (χ4v) is 3.48. The molecule has 0 unspecified atom stereocenters. The van der Waals surface area contributed by atoms with Crippen LogP contribution in [-0.4, -0.2) is 18.7 Å². The molecule has 5 heteroatoms. The third-order valence-electron chi connectivity index (χ3n) is 5.01. The number of hydrogen-bond acceptors (Lipinski definition) is 4. The topological polar surface area (TPSA) is 59.8 Å². The summed E-state index contributed by atoms with van der Waals surface area (Å²) in [5.41, 5.74) is 1.95. The SMILES string of the molecule is Cc1c(C(=O)N(C)c2ccc(Oc3ccccc3)cc2)oc2c1C(=O)CCC2. The van der Waals surface area contributed by atoms with Gasteiger partial charge in [0.15, 0.2) is 11.5 Å². The summed E-state index contributed by atoms with van der Waals surface area (Å²) >= 11 is 0. The van der Waals surface area contributed by atoms with E-state index in [1.54, 1.807) is 14.0 Å². The van der Waals surface area contributed by atoms with Crippen LogP contribution in [0.1, 0.15) is 45.1 Å². The first-order chi connectivity index (χ1) is 13.5. The smallest absolute Gasteiger partial charge is 0.294 e. The maximum Gasteiger partial charge on any atom is 0.294 e. The summed E-state index contributed by atoms with van der Waals surface area (Å²) in [7, 11) is 1.69. The summed E-state index contributed by atoms with van der Waals surface area (Å²) < 4.78 is 11.6. The number of amides is 1. The number of Topliss-reactive ketones (excluding diaryl/α,β-unsaturated/α-hetero) is 1. The van der Waals surface area contributed by atoms with Crippen molar-refractivity contribution < 1.29 is 18.7 Å². The minimum absolute atomic E-state index is 0.0617. The van der Waals surface area contributed by atoms with E-state index in [9.17, 15) is 9.59 Å². The molecule has 0 fully saturated rings. The Morgan fingerprint density at radius 1 is 1.00 bits per heavy atom. The van der Waals surface area contributed by atoms with E-state index in [0.717, 1.165) is 12.2 Å². The molecular formula is C23H21NO4. The Hall–Kier alpha value is -3.34. The number of ether oxygens (including phenoxy) is 1. The number of para-hydroxylation sites is 1. The van der Waals surface area contributed by atoms with Crippen LogP contribution in [0.15, 0.2) is 59.0 Å². The normalized spacial score (nSPS) is 13.1. The molecule has 142 valence electrons. The number of anilines is 1. The van der Waals surface area contributed by atoms with Gasteiger partial charge in [-0.2, -0.15) is 0 Å². The zero-order chi connectivity index (χ0) is 19.7. The molecule has 2 aromatic carbocycles. The quantitative estimate of drug-likeness (QED) is 0.631. The molecule has 5 nitrogen and oxygen atoms in total. The Balaban J connectivity index is 1.54. The monoisotopic (exact) mass is 375 g/mol. The van der Waals surface area contributed by atoms with E-state index in [4.69, 9.17) is 9.15 Å². The van der Waals surface area contributed by atoms with E-state index in [-0.39, 0.29) is 17.5 Å². The highest BCUT2D eigenvalue weighted by atomic mass is 16.5. The molecule has 1 aliphatic rings. The first kappa shape index (κ1) is 18.0. The molecule has 0 aliphatic heterocycles. The number of aryl methyl sites for hydroxylation is 1. The van der Waals surface area contributed by atoms with Crippen LogP contribution in [-0.2, 0) is 6.42 Å². The van der Waals surface area contributed by atoms with Crippen molar-refractivity contribution in [2.24, 2.45) is 0 Å². The zero-order valence-electron chi connectivity index (χ0n) is 15.9. The van der Waals surface area contributed by atoms with Crippen LogP contribution in [0.4, 0.5) is 5.69 Å². The van der Waals surface area contributed by atoms with Crippen molar-refractivity contribution in [2.75, 3.05) is 11.9 Å². The van der Waals surface area contributed by atoms with Crippen LogP contribution in [0.5, 0.6) is 11.5 Å². The molecule has 0 saturated heterocycles. The van der Waals surface area contributed by atoms with Gasteiger partial charge in [0.1, 0.15) is 17.3 Å². The Bertz CT molecular complexity index is 1020. The number of nitrogens with zero attached hydrogens (tertiary/aromatic N) is 1. The fraction of sp³-hybridized carbons (Fsp3) is 0.217. The van der Waals surface area contributed by atoms with Gasteiger partial charge in [0.05, 0.1) is 5.56 Å². The van der Waals surface area contributed by atoms with Gasteiger partial charge in [0.25, 0.3) is 5.91 Å². The summed E-state index contributed by atoms with van der Waals surface area (Å²) in [6.45, 7) is 1.78. The van der Waals surface area contributed by atoms with E-state index in [2.05, 4.69) is 0 Å². The number of benzene rings is 2. The van der Waals surface area contributed by atoms with Gasteiger partial charge in [-0.1, -0.05) is 18.2 Å². The Labute approximate surface area is 163 Å². The van der Waals surface area contributed by atoms with E-state index >= 15 is 0 Å². The van der Waals surface area contributed by atoms with Crippen molar-refractivity contribution in [2.45, 2.75) is 26.2 Å². The van der Waals surface area contributed by atoms with E-state index < -0.39 is 0 Å². The second-order valence-corrected chi connectivity index (χ2v) is 6.90. The molecule has 0 N–H and O–H groups in total. The number of furan rings is 1. The molecular weight excluding hydrogens is 354 g/mol. The summed E-state index contributed by atoms with van der Waals surface area (Å²) in [4.78, 5) is 26.6. The molecule has 3 aromatic rings. The lowest BCUT2D eigenvalue weighted by molar-refractivity contribution is 0.0953. The van der Waals surface area contributed by atoms with Gasteiger partial charge in [-0.15, -0.1) is 0 Å². The third kappa shape index (κ3) is 3.31. The summed E-state index contributed by atoms with van der Waals surface area (Å²) in [5, 5.41) is 0. The largest absolute Gasteiger partial charge is 0.457 e. The lowest BCUT2D eigenvalue weighted by Crippen LogP contribution is -2.26. The molecule has 1 aromatic heterocycles. The van der Waals surface area contributed by atoms with Crippen LogP contribution in [0.25, 0.3) is 0 Å². The maximum atomic E-state index is 13.0. The van der Waals surface area contributed by atoms with Crippen LogP contribution < -0.4 is 9.64 Å². The number of fused-ring (bicyclic) bond motifs is 1. The molecule has 0 saturated carbocycles. The highest BCUT2D eigenvalue weighted by Crippen LogP contribution is 2.31. The highest BCUT2D eigenvalue weighted by molar-refractivity contribution is 6.08. The zero-order valence-corrected chi connectivity index (χ0v) is 15.9. The maximum absolute atomic E-state index is 13.0. The van der Waals surface area contributed by atoms with Gasteiger partial charge >= 0.3 is 0 Å². The van der Waals surface area contributed by atoms with Crippen LogP contribution in [0, 0.1) is 6.92 Å². The number of ketones is 1. The predicted octanol–water partition coefficient (Wildman–Crippen LogP) is 5.18. The molecule has 28 heavy (non-hydrogen) atoms. The number of hydrogen-bond donors (Lipinski definition) is 0. The molecule has 0 bridgehead atoms. The van der Waals surface area contributed by atoms with Crippen LogP contribution >= 0.6 is 0 Å². The van der Waals surface area contributed by atoms with Crippen molar-refractivity contribution in [1.82, 2.24) is 0 Å². The average Bonchev–Trinajstić information content (AvgIpc) is 3.06. The Morgan fingerprint density at radius 2 is 1.68 bits per heavy atom. The first-order valence-electron chi connectivity index (χ1n) is 9.31. The third-order valence-corrected chi connectivity index (χ3v) is 5.01. The molecule has 1 aliphatic carbocycles. The van der Waals surface area contributed by atoms with Gasteiger partial charge in [-0.3, -0.25) is 9.59 Å². The van der Waals surface area contributed by atoms with Gasteiger partial charge in [-0.05, 0) is 49.7 Å². The minimum Gasteiger partial charge on any atom is -0.457 e. The van der Waals surface area contributed by atoms with Crippen LogP contribution in [0.3, 0.4) is 0 Å². The Morgan fingerprint density at radius 3 is 2.36 bits per heavy atom. The summed E-state index contributed by atoms with van der Waals surface area (Å²) in [6.07, 6.45) is 1.98. The average molecular weight is 375 g/mol. The van der Waals surface area contributed by atoms with Crippen LogP contribution in [0.2, 0.25) is 0 Å². The van der Waals surface area contributed by atoms with Crippen molar-refractivity contribution in [3.8, 4) is 11.5 Å². The molecule has 0 spiro atoms. The molecule has 1 amide bonds. The second-order valence-electron chi connectivity index (χ2n) is 6.90. The van der Waals surface area contributed by atoms with Crippen molar-refractivity contribution in [1.29, 1.82) is 0 Å². The summed E-state index contributed by atoms with van der Waals surface area (Å²) in [6, 6.07) is 16.8. The number of rotatable bonds is 4. The lowest BCUT2D eigenvalue weighted by Gasteiger charge is -2.17. The summed E-state index contributed by atoms with van der Waals surface area (Å²) in [5.74, 6) is 2.11. The van der Waals surface area contributed by atoms with E-state index in [0.29, 0.717) is 41.2 Å². The number of carbonyl (C=O) groups is 2. The highest BCUT2D eigenvalue weighted by Gasteiger charge is 2.30.